The van der Waals surface area contributed by atoms with Crippen molar-refractivity contribution in [1.82, 2.24) is 19.1 Å². The van der Waals surface area contributed by atoms with E-state index in [1.54, 1.807) is 35.4 Å². The number of nitrogens with one attached hydrogen (secondary N) is 1. The zero-order chi connectivity index (χ0) is 16.5. The number of rotatable bonds is 3. The van der Waals surface area contributed by atoms with Gasteiger partial charge in [0.25, 0.3) is 5.91 Å². The first kappa shape index (κ1) is 14.2. The number of amides is 1. The van der Waals surface area contributed by atoms with Gasteiger partial charge in [0.1, 0.15) is 17.8 Å². The van der Waals surface area contributed by atoms with Crippen molar-refractivity contribution >= 4 is 22.5 Å². The van der Waals surface area contributed by atoms with Crippen LogP contribution in [0.5, 0.6) is 0 Å². The van der Waals surface area contributed by atoms with Gasteiger partial charge in [0.15, 0.2) is 0 Å². The Labute approximate surface area is 138 Å². The van der Waals surface area contributed by atoms with Crippen molar-refractivity contribution in [2.75, 3.05) is 5.32 Å². The van der Waals surface area contributed by atoms with Gasteiger partial charge in [0, 0.05) is 36.8 Å². The first-order valence-electron chi connectivity index (χ1n) is 7.52. The molecule has 0 saturated heterocycles. The predicted molar refractivity (Wildman–Crippen MR) is 92.2 cm³/mol. The highest BCUT2D eigenvalue weighted by Gasteiger charge is 2.10. The maximum absolute atomic E-state index is 12.5. The molecule has 0 unspecified atom stereocenters. The van der Waals surface area contributed by atoms with Crippen LogP contribution in [-0.2, 0) is 7.05 Å². The van der Waals surface area contributed by atoms with Gasteiger partial charge in [-0.25, -0.2) is 9.97 Å². The number of pyridine rings is 1. The quantitative estimate of drug-likeness (QED) is 0.632. The lowest BCUT2D eigenvalue weighted by Crippen LogP contribution is -2.14. The molecule has 0 atom stereocenters. The van der Waals surface area contributed by atoms with E-state index in [9.17, 15) is 4.79 Å². The normalized spacial score (nSPS) is 10.9. The summed E-state index contributed by atoms with van der Waals surface area (Å²) in [4.78, 5) is 20.9. The first-order chi connectivity index (χ1) is 11.7. The van der Waals surface area contributed by atoms with Gasteiger partial charge in [-0.1, -0.05) is 12.1 Å². The van der Waals surface area contributed by atoms with Crippen molar-refractivity contribution in [2.24, 2.45) is 7.05 Å². The Morgan fingerprint density at radius 1 is 1.12 bits per heavy atom. The van der Waals surface area contributed by atoms with Crippen LogP contribution in [0.2, 0.25) is 0 Å². The van der Waals surface area contributed by atoms with Crippen LogP contribution in [-0.4, -0.2) is 25.0 Å². The fourth-order valence-electron chi connectivity index (χ4n) is 2.62. The highest BCUT2D eigenvalue weighted by Crippen LogP contribution is 2.20. The van der Waals surface area contributed by atoms with Gasteiger partial charge >= 0.3 is 0 Å². The van der Waals surface area contributed by atoms with Crippen molar-refractivity contribution in [3.8, 4) is 5.82 Å². The number of anilines is 1. The zero-order valence-electron chi connectivity index (χ0n) is 13.0. The minimum absolute atomic E-state index is 0.245. The van der Waals surface area contributed by atoms with Crippen molar-refractivity contribution in [3.05, 3.63) is 73.1 Å². The van der Waals surface area contributed by atoms with E-state index in [0.717, 1.165) is 16.6 Å². The van der Waals surface area contributed by atoms with Gasteiger partial charge in [0.2, 0.25) is 0 Å². The fraction of sp³-hybridized carbons (Fsp3) is 0.0556. The summed E-state index contributed by atoms with van der Waals surface area (Å²) in [6.45, 7) is 0. The second-order valence-corrected chi connectivity index (χ2v) is 5.51. The smallest absolute Gasteiger partial charge is 0.274 e. The lowest BCUT2D eigenvalue weighted by atomic mass is 10.2. The topological polar surface area (TPSA) is 64.7 Å². The lowest BCUT2D eigenvalue weighted by Gasteiger charge is -2.07. The number of aromatic nitrogens is 4. The molecule has 4 rings (SSSR count). The summed E-state index contributed by atoms with van der Waals surface area (Å²) in [6, 6.07) is 13.2. The molecule has 118 valence electrons. The maximum atomic E-state index is 12.5. The molecule has 0 saturated carbocycles. The predicted octanol–water partition coefficient (Wildman–Crippen LogP) is 3.01. The summed E-state index contributed by atoms with van der Waals surface area (Å²) in [7, 11) is 1.98. The number of carbonyl (C=O) groups excluding carboxylic acids is 1. The Bertz CT molecular complexity index is 1020. The maximum Gasteiger partial charge on any atom is 0.274 e. The molecule has 0 aliphatic heterocycles. The number of carbonyl (C=O) groups is 1. The minimum atomic E-state index is -0.245. The standard InChI is InChI=1S/C18H15N5O/c1-22-9-7-13-5-6-14(11-16(13)22)20-18(24)15-3-2-4-17(21-15)23-10-8-19-12-23/h2-12H,1H3,(H,20,24). The van der Waals surface area contributed by atoms with Crippen molar-refractivity contribution in [3.63, 3.8) is 0 Å². The average molecular weight is 317 g/mol. The van der Waals surface area contributed by atoms with Crippen molar-refractivity contribution < 1.29 is 4.79 Å². The summed E-state index contributed by atoms with van der Waals surface area (Å²) in [6.07, 6.45) is 7.09. The van der Waals surface area contributed by atoms with E-state index in [4.69, 9.17) is 0 Å². The van der Waals surface area contributed by atoms with E-state index in [-0.39, 0.29) is 5.91 Å². The molecule has 24 heavy (non-hydrogen) atoms. The first-order valence-corrected chi connectivity index (χ1v) is 7.52. The van der Waals surface area contributed by atoms with E-state index >= 15 is 0 Å². The molecule has 1 amide bonds. The molecule has 0 spiro atoms. The monoisotopic (exact) mass is 317 g/mol. The van der Waals surface area contributed by atoms with E-state index in [1.165, 1.54) is 0 Å². The van der Waals surface area contributed by atoms with E-state index < -0.39 is 0 Å². The molecule has 1 aromatic carbocycles. The largest absolute Gasteiger partial charge is 0.350 e. The molecule has 3 heterocycles. The van der Waals surface area contributed by atoms with Crippen LogP contribution in [0.25, 0.3) is 16.7 Å². The minimum Gasteiger partial charge on any atom is -0.350 e. The number of hydrogen-bond acceptors (Lipinski definition) is 3. The van der Waals surface area contributed by atoms with Crippen LogP contribution in [0.1, 0.15) is 10.5 Å². The summed E-state index contributed by atoms with van der Waals surface area (Å²) >= 11 is 0. The third-order valence-corrected chi connectivity index (χ3v) is 3.88. The van der Waals surface area contributed by atoms with E-state index in [2.05, 4.69) is 15.3 Å². The second-order valence-electron chi connectivity index (χ2n) is 5.51. The van der Waals surface area contributed by atoms with Gasteiger partial charge in [-0.2, -0.15) is 0 Å². The molecule has 1 N–H and O–H groups in total. The molecule has 6 nitrogen and oxygen atoms in total. The van der Waals surface area contributed by atoms with Gasteiger partial charge < -0.3 is 9.88 Å². The van der Waals surface area contributed by atoms with Crippen molar-refractivity contribution in [1.29, 1.82) is 0 Å². The van der Waals surface area contributed by atoms with E-state index in [1.807, 2.05) is 48.1 Å². The number of aryl methyl sites for hydroxylation is 1. The lowest BCUT2D eigenvalue weighted by molar-refractivity contribution is 0.102. The molecular formula is C18H15N5O. The van der Waals surface area contributed by atoms with Crippen LogP contribution < -0.4 is 5.32 Å². The molecule has 3 aromatic heterocycles. The highest BCUT2D eigenvalue weighted by molar-refractivity contribution is 6.03. The number of hydrogen-bond donors (Lipinski definition) is 1. The summed E-state index contributed by atoms with van der Waals surface area (Å²) in [5.41, 5.74) is 2.16. The molecule has 0 fully saturated rings. The Morgan fingerprint density at radius 3 is 2.88 bits per heavy atom. The Kier molecular flexibility index (Phi) is 3.35. The summed E-state index contributed by atoms with van der Waals surface area (Å²) in [5, 5.41) is 4.04. The number of benzene rings is 1. The Hall–Kier alpha value is -3.41. The summed E-state index contributed by atoms with van der Waals surface area (Å²) < 4.78 is 3.77. The van der Waals surface area contributed by atoms with Gasteiger partial charge in [-0.05, 0) is 35.7 Å². The molecule has 6 heteroatoms. The van der Waals surface area contributed by atoms with Gasteiger partial charge in [-0.15, -0.1) is 0 Å². The van der Waals surface area contributed by atoms with Gasteiger partial charge in [-0.3, -0.25) is 9.36 Å². The van der Waals surface area contributed by atoms with Crippen LogP contribution in [0, 0.1) is 0 Å². The number of imidazole rings is 1. The average Bonchev–Trinajstić information content (AvgIpc) is 3.26. The SMILES string of the molecule is Cn1ccc2ccc(NC(=O)c3cccc(-n4ccnc4)n3)cc21. The van der Waals surface area contributed by atoms with E-state index in [0.29, 0.717) is 11.5 Å². The van der Waals surface area contributed by atoms with Crippen LogP contribution in [0.15, 0.2) is 67.4 Å². The Balaban J connectivity index is 1.61. The van der Waals surface area contributed by atoms with Crippen molar-refractivity contribution in [2.45, 2.75) is 0 Å². The highest BCUT2D eigenvalue weighted by atomic mass is 16.1. The number of fused-ring (bicyclic) bond motifs is 1. The van der Waals surface area contributed by atoms with Gasteiger partial charge in [0.05, 0.1) is 0 Å². The second kappa shape index (κ2) is 5.66. The van der Waals surface area contributed by atoms with Crippen LogP contribution in [0.3, 0.4) is 0 Å². The third-order valence-electron chi connectivity index (χ3n) is 3.88. The zero-order valence-corrected chi connectivity index (χ0v) is 13.0. The molecule has 0 radical (unpaired) electrons. The number of nitrogens with zero attached hydrogens (tertiary/aromatic N) is 4. The molecule has 0 bridgehead atoms. The van der Waals surface area contributed by atoms with Crippen LogP contribution >= 0.6 is 0 Å². The molecule has 4 aromatic rings. The van der Waals surface area contributed by atoms with Crippen LogP contribution in [0.4, 0.5) is 5.69 Å². The third kappa shape index (κ3) is 2.54. The molecule has 0 aliphatic rings. The summed E-state index contributed by atoms with van der Waals surface area (Å²) in [5.74, 6) is 0.406. The Morgan fingerprint density at radius 2 is 2.04 bits per heavy atom. The molecule has 0 aliphatic carbocycles. The molecular weight excluding hydrogens is 302 g/mol. The fourth-order valence-corrected chi connectivity index (χ4v) is 2.62.